The Balaban J connectivity index is 1.80. The number of benzene rings is 2. The summed E-state index contributed by atoms with van der Waals surface area (Å²) in [6.07, 6.45) is 10.8. The lowest BCUT2D eigenvalue weighted by atomic mass is 9.75. The molecule has 0 unspecified atom stereocenters. The maximum absolute atomic E-state index is 9.94. The second-order valence-electron chi connectivity index (χ2n) is 8.76. The summed E-state index contributed by atoms with van der Waals surface area (Å²) >= 11 is 0. The lowest BCUT2D eigenvalue weighted by Crippen LogP contribution is -2.15. The Morgan fingerprint density at radius 2 is 1.52 bits per heavy atom. The zero-order valence-electron chi connectivity index (χ0n) is 19.0. The molecule has 0 N–H and O–H groups in total. The van der Waals surface area contributed by atoms with Crippen LogP contribution in [0.3, 0.4) is 0 Å². The highest BCUT2D eigenvalue weighted by atomic mass is 16.5. The zero-order chi connectivity index (χ0) is 22.1. The Kier molecular flexibility index (Phi) is 8.54. The van der Waals surface area contributed by atoms with E-state index in [1.165, 1.54) is 32.1 Å². The molecule has 0 heterocycles. The number of nitriles is 2. The summed E-state index contributed by atoms with van der Waals surface area (Å²) in [5.41, 5.74) is 3.93. The molecule has 1 aliphatic carbocycles. The van der Waals surface area contributed by atoms with Crippen molar-refractivity contribution in [1.29, 1.82) is 10.5 Å². The fraction of sp³-hybridized carbons (Fsp3) is 0.500. The van der Waals surface area contributed by atoms with E-state index in [1.807, 2.05) is 30.3 Å². The first-order valence-corrected chi connectivity index (χ1v) is 11.9. The highest BCUT2D eigenvalue weighted by Gasteiger charge is 2.26. The van der Waals surface area contributed by atoms with Crippen LogP contribution in [0.25, 0.3) is 11.1 Å². The monoisotopic (exact) mass is 414 g/mol. The molecular weight excluding hydrogens is 380 g/mol. The Hall–Kier alpha value is -2.78. The van der Waals surface area contributed by atoms with E-state index >= 15 is 0 Å². The maximum atomic E-state index is 9.94. The summed E-state index contributed by atoms with van der Waals surface area (Å²) in [5, 5.41) is 19.9. The van der Waals surface area contributed by atoms with E-state index in [-0.39, 0.29) is 0 Å². The molecule has 0 spiro atoms. The van der Waals surface area contributed by atoms with Gasteiger partial charge in [-0.05, 0) is 67.2 Å². The van der Waals surface area contributed by atoms with E-state index in [9.17, 15) is 10.5 Å². The molecular formula is C28H34N2O. The highest BCUT2D eigenvalue weighted by Crippen LogP contribution is 2.41. The summed E-state index contributed by atoms with van der Waals surface area (Å²) in [6, 6.07) is 16.7. The number of hydrogen-bond acceptors (Lipinski definition) is 3. The van der Waals surface area contributed by atoms with E-state index in [1.54, 1.807) is 0 Å². The molecule has 0 aliphatic heterocycles. The predicted octanol–water partition coefficient (Wildman–Crippen LogP) is 7.74. The van der Waals surface area contributed by atoms with Crippen LogP contribution in [0.4, 0.5) is 0 Å². The smallest absolute Gasteiger partial charge is 0.119 e. The minimum Gasteiger partial charge on any atom is -0.494 e. The molecule has 1 aliphatic rings. The average molecular weight is 415 g/mol. The van der Waals surface area contributed by atoms with Gasteiger partial charge in [-0.2, -0.15) is 10.5 Å². The third-order valence-electron chi connectivity index (χ3n) is 6.65. The molecule has 3 rings (SSSR count). The van der Waals surface area contributed by atoms with Crippen molar-refractivity contribution in [3.63, 3.8) is 0 Å². The SMILES string of the molecule is CCCCOc1ccc(-c2ccc(C3CCC(CCCC)CC3)c(C#N)c2C#N)cc1. The summed E-state index contributed by atoms with van der Waals surface area (Å²) in [4.78, 5) is 0. The van der Waals surface area contributed by atoms with Gasteiger partial charge in [0.25, 0.3) is 0 Å². The fourth-order valence-corrected chi connectivity index (χ4v) is 4.76. The topological polar surface area (TPSA) is 56.8 Å². The lowest BCUT2D eigenvalue weighted by Gasteiger charge is -2.29. The Bertz CT molecular complexity index is 925. The largest absolute Gasteiger partial charge is 0.494 e. The predicted molar refractivity (Wildman–Crippen MR) is 126 cm³/mol. The summed E-state index contributed by atoms with van der Waals surface area (Å²) in [6.45, 7) is 5.11. The van der Waals surface area contributed by atoms with Crippen LogP contribution < -0.4 is 4.74 Å². The molecule has 0 radical (unpaired) electrons. The van der Waals surface area contributed by atoms with E-state index in [0.29, 0.717) is 23.7 Å². The number of hydrogen-bond donors (Lipinski definition) is 0. The molecule has 0 bridgehead atoms. The number of ether oxygens (including phenoxy) is 1. The first-order chi connectivity index (χ1) is 15.2. The number of rotatable bonds is 9. The Morgan fingerprint density at radius 1 is 0.839 bits per heavy atom. The second kappa shape index (κ2) is 11.6. The molecule has 1 fully saturated rings. The third kappa shape index (κ3) is 5.68. The number of unbranched alkanes of at least 4 members (excludes halogenated alkanes) is 2. The van der Waals surface area contributed by atoms with Crippen LogP contribution in [0, 0.1) is 28.6 Å². The van der Waals surface area contributed by atoms with Crippen LogP contribution in [-0.2, 0) is 0 Å². The van der Waals surface area contributed by atoms with Crippen molar-refractivity contribution in [3.8, 4) is 29.0 Å². The summed E-state index contributed by atoms with van der Waals surface area (Å²) in [5.74, 6) is 2.06. The zero-order valence-corrected chi connectivity index (χ0v) is 19.0. The van der Waals surface area contributed by atoms with Crippen molar-refractivity contribution in [2.24, 2.45) is 5.92 Å². The van der Waals surface area contributed by atoms with Gasteiger partial charge in [-0.25, -0.2) is 0 Å². The molecule has 0 amide bonds. The van der Waals surface area contributed by atoms with E-state index in [4.69, 9.17) is 4.74 Å². The normalized spacial score (nSPS) is 18.2. The van der Waals surface area contributed by atoms with Crippen LogP contribution in [0.2, 0.25) is 0 Å². The highest BCUT2D eigenvalue weighted by molar-refractivity contribution is 5.75. The van der Waals surface area contributed by atoms with Crippen molar-refractivity contribution >= 4 is 0 Å². The van der Waals surface area contributed by atoms with Crippen LogP contribution >= 0.6 is 0 Å². The molecule has 1 saturated carbocycles. The van der Waals surface area contributed by atoms with Crippen molar-refractivity contribution in [2.75, 3.05) is 6.61 Å². The summed E-state index contributed by atoms with van der Waals surface area (Å²) in [7, 11) is 0. The van der Waals surface area contributed by atoms with E-state index in [2.05, 4.69) is 32.1 Å². The van der Waals surface area contributed by atoms with Crippen molar-refractivity contribution < 1.29 is 4.74 Å². The molecule has 0 atom stereocenters. The van der Waals surface area contributed by atoms with Crippen molar-refractivity contribution in [2.45, 2.75) is 77.6 Å². The van der Waals surface area contributed by atoms with Gasteiger partial charge in [0, 0.05) is 5.56 Å². The molecule has 162 valence electrons. The minimum absolute atomic E-state index is 0.392. The quantitative estimate of drug-likeness (QED) is 0.394. The van der Waals surface area contributed by atoms with Gasteiger partial charge < -0.3 is 4.74 Å². The third-order valence-corrected chi connectivity index (χ3v) is 6.65. The first-order valence-electron chi connectivity index (χ1n) is 11.9. The van der Waals surface area contributed by atoms with Crippen LogP contribution in [0.15, 0.2) is 36.4 Å². The van der Waals surface area contributed by atoms with Gasteiger partial charge in [-0.15, -0.1) is 0 Å². The van der Waals surface area contributed by atoms with Crippen LogP contribution in [0.1, 0.15) is 94.2 Å². The standard InChI is InChI=1S/C28H34N2O/c1-3-5-7-21-8-10-22(11-9-21)25-16-17-26(28(20-30)27(25)19-29)23-12-14-24(15-13-23)31-18-6-4-2/h12-17,21-22H,3-11,18H2,1-2H3. The fourth-order valence-electron chi connectivity index (χ4n) is 4.76. The molecule has 31 heavy (non-hydrogen) atoms. The average Bonchev–Trinajstić information content (AvgIpc) is 2.82. The van der Waals surface area contributed by atoms with Gasteiger partial charge in [-0.3, -0.25) is 0 Å². The molecule has 0 aromatic heterocycles. The molecule has 3 nitrogen and oxygen atoms in total. The van der Waals surface area contributed by atoms with Gasteiger partial charge in [0.15, 0.2) is 0 Å². The van der Waals surface area contributed by atoms with Crippen molar-refractivity contribution in [3.05, 3.63) is 53.1 Å². The van der Waals surface area contributed by atoms with Gasteiger partial charge in [0.2, 0.25) is 0 Å². The van der Waals surface area contributed by atoms with E-state index in [0.717, 1.165) is 54.0 Å². The van der Waals surface area contributed by atoms with E-state index < -0.39 is 0 Å². The minimum atomic E-state index is 0.392. The molecule has 0 saturated heterocycles. The maximum Gasteiger partial charge on any atom is 0.119 e. The molecule has 2 aromatic rings. The van der Waals surface area contributed by atoms with Gasteiger partial charge in [0.1, 0.15) is 17.9 Å². The van der Waals surface area contributed by atoms with Crippen LogP contribution in [0.5, 0.6) is 5.75 Å². The number of nitrogens with zero attached hydrogens (tertiary/aromatic N) is 2. The van der Waals surface area contributed by atoms with Crippen LogP contribution in [-0.4, -0.2) is 6.61 Å². The summed E-state index contributed by atoms with van der Waals surface area (Å²) < 4.78 is 5.75. The second-order valence-corrected chi connectivity index (χ2v) is 8.76. The first kappa shape index (κ1) is 22.9. The lowest BCUT2D eigenvalue weighted by molar-refractivity contribution is 0.304. The van der Waals surface area contributed by atoms with Crippen molar-refractivity contribution in [1.82, 2.24) is 0 Å². The molecule has 3 heteroatoms. The molecule has 2 aromatic carbocycles. The van der Waals surface area contributed by atoms with Gasteiger partial charge in [0.05, 0.1) is 17.7 Å². The Labute approximate surface area is 187 Å². The van der Waals surface area contributed by atoms with Gasteiger partial charge in [-0.1, -0.05) is 63.8 Å². The Morgan fingerprint density at radius 3 is 2.13 bits per heavy atom. The van der Waals surface area contributed by atoms with Gasteiger partial charge >= 0.3 is 0 Å².